The number of fused-ring (bicyclic) bond motifs is 1. The van der Waals surface area contributed by atoms with Crippen LogP contribution < -0.4 is 11.1 Å². The lowest BCUT2D eigenvalue weighted by molar-refractivity contribution is -0.193. The number of hydrogen-bond donors (Lipinski definition) is 4. The zero-order valence-corrected chi connectivity index (χ0v) is 22.2. The molecule has 1 aromatic carbocycles. The van der Waals surface area contributed by atoms with Gasteiger partial charge in [0.2, 0.25) is 0 Å². The van der Waals surface area contributed by atoms with E-state index in [4.69, 9.17) is 37.1 Å². The Balaban J connectivity index is 0.000000497. The van der Waals surface area contributed by atoms with Crippen LogP contribution in [0.4, 0.5) is 32.0 Å². The zero-order chi connectivity index (χ0) is 31.5. The number of anilines is 1. The fraction of sp³-hybridized carbons (Fsp3) is 0.348. The van der Waals surface area contributed by atoms with E-state index in [2.05, 4.69) is 5.32 Å². The Bertz CT molecular complexity index is 1240. The van der Waals surface area contributed by atoms with E-state index in [0.717, 1.165) is 37.0 Å². The molecule has 10 nitrogen and oxygen atoms in total. The van der Waals surface area contributed by atoms with Crippen LogP contribution in [0.1, 0.15) is 56.1 Å². The molecule has 0 radical (unpaired) electrons. The summed E-state index contributed by atoms with van der Waals surface area (Å²) in [7, 11) is 0. The number of nitrogens with zero attached hydrogens (tertiary/aromatic N) is 1. The fourth-order valence-corrected chi connectivity index (χ4v) is 3.97. The number of thiophene rings is 1. The highest BCUT2D eigenvalue weighted by molar-refractivity contribution is 7.18. The average Bonchev–Trinajstić information content (AvgIpc) is 3.40. The van der Waals surface area contributed by atoms with Gasteiger partial charge >= 0.3 is 24.3 Å². The summed E-state index contributed by atoms with van der Waals surface area (Å²) in [6.45, 7) is 1.01. The molecule has 0 saturated carbocycles. The Kier molecular flexibility index (Phi) is 13.2. The van der Waals surface area contributed by atoms with Crippen molar-refractivity contribution in [3.63, 3.8) is 0 Å². The van der Waals surface area contributed by atoms with Gasteiger partial charge in [-0.05, 0) is 43.7 Å². The smallest absolute Gasteiger partial charge is 0.475 e. The summed E-state index contributed by atoms with van der Waals surface area (Å²) in [4.78, 5) is 57.3. The first-order valence-corrected chi connectivity index (χ1v) is 12.5. The minimum absolute atomic E-state index is 0.250. The predicted octanol–water partition coefficient (Wildman–Crippen LogP) is 5.04. The van der Waals surface area contributed by atoms with Crippen LogP contribution in [0.5, 0.6) is 0 Å². The normalized spacial score (nSPS) is 12.5. The monoisotopic (exact) mass is 633 g/mol. The van der Waals surface area contributed by atoms with Gasteiger partial charge < -0.3 is 21.3 Å². The van der Waals surface area contributed by atoms with Crippen LogP contribution in [-0.4, -0.2) is 70.2 Å². The van der Waals surface area contributed by atoms with Gasteiger partial charge in [0.25, 0.3) is 17.7 Å². The van der Waals surface area contributed by atoms with Gasteiger partial charge in [-0.2, -0.15) is 26.3 Å². The number of carboxylic acid groups (broad SMARTS) is 2. The number of unbranched alkanes of at least 4 members (excludes halogenated alkanes) is 3. The Labute approximate surface area is 236 Å². The number of nitrogens with two attached hydrogens (primary N) is 1. The quantitative estimate of drug-likeness (QED) is 0.178. The van der Waals surface area contributed by atoms with Crippen LogP contribution >= 0.6 is 22.9 Å². The van der Waals surface area contributed by atoms with E-state index in [0.29, 0.717) is 33.6 Å². The van der Waals surface area contributed by atoms with Crippen molar-refractivity contribution in [1.82, 2.24) is 4.90 Å². The molecule has 3 amide bonds. The Morgan fingerprint density at radius 2 is 1.41 bits per heavy atom. The number of nitrogens with one attached hydrogen (secondary N) is 1. The lowest BCUT2D eigenvalue weighted by Crippen LogP contribution is -2.30. The molecule has 0 aliphatic carbocycles. The fourth-order valence-electron chi connectivity index (χ4n) is 3.03. The topological polar surface area (TPSA) is 167 Å². The van der Waals surface area contributed by atoms with Crippen molar-refractivity contribution in [2.45, 2.75) is 38.0 Å². The van der Waals surface area contributed by atoms with E-state index < -0.39 is 24.3 Å². The third-order valence-corrected chi connectivity index (χ3v) is 6.09. The van der Waals surface area contributed by atoms with Crippen molar-refractivity contribution in [2.75, 3.05) is 18.4 Å². The minimum Gasteiger partial charge on any atom is -0.475 e. The molecule has 1 aliphatic heterocycles. The van der Waals surface area contributed by atoms with E-state index in [9.17, 15) is 40.7 Å². The Morgan fingerprint density at radius 3 is 1.88 bits per heavy atom. The Morgan fingerprint density at radius 1 is 0.878 bits per heavy atom. The van der Waals surface area contributed by atoms with Crippen molar-refractivity contribution < 1.29 is 60.5 Å². The predicted molar refractivity (Wildman–Crippen MR) is 134 cm³/mol. The van der Waals surface area contributed by atoms with Crippen molar-refractivity contribution in [3.05, 3.63) is 50.7 Å². The van der Waals surface area contributed by atoms with Crippen LogP contribution in [0.3, 0.4) is 0 Å². The lowest BCUT2D eigenvalue weighted by atomic mass is 10.1. The number of rotatable bonds is 8. The van der Waals surface area contributed by atoms with Crippen LogP contribution in [0.25, 0.3) is 0 Å². The number of aliphatic carboxylic acids is 2. The molecule has 0 bridgehead atoms. The molecule has 18 heteroatoms. The summed E-state index contributed by atoms with van der Waals surface area (Å²) in [5, 5.41) is 17.0. The van der Waals surface area contributed by atoms with Crippen molar-refractivity contribution in [3.8, 4) is 0 Å². The number of carboxylic acids is 2. The molecule has 1 aromatic heterocycles. The number of imide groups is 1. The number of benzene rings is 1. The van der Waals surface area contributed by atoms with Crippen molar-refractivity contribution >= 4 is 58.3 Å². The van der Waals surface area contributed by atoms with Gasteiger partial charge in [-0.25, -0.2) is 9.59 Å². The standard InChI is InChI=1S/C19H20ClN3O3S.2C2HF3O2/c20-15-9-8-14(27-15)17(24)22-13-7-5-6-12-16(13)19(26)23(18(12)25)11-4-2-1-3-10-21;2*3-2(4,5)1(6)7/h5-9H,1-4,10-11,21H2,(H,22,24);2*(H,6,7). The number of halogens is 7. The molecule has 0 fully saturated rings. The maximum Gasteiger partial charge on any atom is 0.490 e. The molecule has 2 heterocycles. The first-order chi connectivity index (χ1) is 18.9. The van der Waals surface area contributed by atoms with E-state index in [1.807, 2.05) is 0 Å². The second kappa shape index (κ2) is 15.3. The third-order valence-electron chi connectivity index (χ3n) is 4.87. The molecule has 0 atom stereocenters. The molecule has 226 valence electrons. The molecule has 0 unspecified atom stereocenters. The van der Waals surface area contributed by atoms with Gasteiger partial charge in [0.1, 0.15) is 0 Å². The third kappa shape index (κ3) is 11.0. The highest BCUT2D eigenvalue weighted by Crippen LogP contribution is 2.31. The largest absolute Gasteiger partial charge is 0.490 e. The summed E-state index contributed by atoms with van der Waals surface area (Å²) in [6, 6.07) is 8.15. The molecule has 2 aromatic rings. The van der Waals surface area contributed by atoms with Gasteiger partial charge in [-0.15, -0.1) is 11.3 Å². The first kappa shape index (κ1) is 35.3. The van der Waals surface area contributed by atoms with Gasteiger partial charge in [0.05, 0.1) is 26.0 Å². The molecule has 0 saturated heterocycles. The van der Waals surface area contributed by atoms with Crippen LogP contribution in [0.2, 0.25) is 4.34 Å². The molecule has 1 aliphatic rings. The van der Waals surface area contributed by atoms with Crippen molar-refractivity contribution in [2.24, 2.45) is 5.73 Å². The molecule has 41 heavy (non-hydrogen) atoms. The summed E-state index contributed by atoms with van der Waals surface area (Å²) < 4.78 is 64.0. The van der Waals surface area contributed by atoms with Crippen LogP contribution in [-0.2, 0) is 9.59 Å². The second-order valence-electron chi connectivity index (χ2n) is 7.86. The van der Waals surface area contributed by atoms with E-state index >= 15 is 0 Å². The lowest BCUT2D eigenvalue weighted by Gasteiger charge is -2.13. The molecular formula is C23H22ClF6N3O7S. The maximum absolute atomic E-state index is 12.8. The summed E-state index contributed by atoms with van der Waals surface area (Å²) in [5.74, 6) is -6.56. The number of amides is 3. The minimum atomic E-state index is -5.08. The number of carbonyl (C=O) groups is 5. The zero-order valence-electron chi connectivity index (χ0n) is 20.6. The van der Waals surface area contributed by atoms with E-state index in [1.54, 1.807) is 30.3 Å². The van der Waals surface area contributed by atoms with E-state index in [-0.39, 0.29) is 23.3 Å². The average molecular weight is 634 g/mol. The second-order valence-corrected chi connectivity index (χ2v) is 9.57. The number of hydrogen-bond acceptors (Lipinski definition) is 7. The molecule has 0 spiro atoms. The number of carbonyl (C=O) groups excluding carboxylic acids is 3. The van der Waals surface area contributed by atoms with Gasteiger partial charge in [-0.3, -0.25) is 19.3 Å². The molecular weight excluding hydrogens is 612 g/mol. The molecule has 5 N–H and O–H groups in total. The van der Waals surface area contributed by atoms with Crippen molar-refractivity contribution in [1.29, 1.82) is 0 Å². The van der Waals surface area contributed by atoms with Gasteiger partial charge in [0.15, 0.2) is 0 Å². The Hall–Kier alpha value is -3.70. The van der Waals surface area contributed by atoms with Crippen LogP contribution in [0, 0.1) is 0 Å². The van der Waals surface area contributed by atoms with Gasteiger partial charge in [-0.1, -0.05) is 30.5 Å². The summed E-state index contributed by atoms with van der Waals surface area (Å²) >= 11 is 7.02. The first-order valence-electron chi connectivity index (χ1n) is 11.3. The highest BCUT2D eigenvalue weighted by atomic mass is 35.5. The SMILES string of the molecule is NCCCCCCN1C(=O)c2cccc(NC(=O)c3ccc(Cl)s3)c2C1=O.O=C(O)C(F)(F)F.O=C(O)C(F)(F)F. The van der Waals surface area contributed by atoms with Gasteiger partial charge in [0, 0.05) is 6.54 Å². The van der Waals surface area contributed by atoms with E-state index in [1.165, 1.54) is 4.90 Å². The summed E-state index contributed by atoms with van der Waals surface area (Å²) in [6.07, 6.45) is -6.61. The highest BCUT2D eigenvalue weighted by Gasteiger charge is 2.39. The van der Waals surface area contributed by atoms with Crippen LogP contribution in [0.15, 0.2) is 30.3 Å². The molecule has 3 rings (SSSR count). The maximum atomic E-state index is 12.8. The summed E-state index contributed by atoms with van der Waals surface area (Å²) in [5.41, 5.74) is 6.39. The number of alkyl halides is 6.